The fourth-order valence-corrected chi connectivity index (χ4v) is 4.88. The number of rotatable bonds is 5. The van der Waals surface area contributed by atoms with Crippen molar-refractivity contribution in [2.45, 2.75) is 46.1 Å². The van der Waals surface area contributed by atoms with Gasteiger partial charge in [0.15, 0.2) is 0 Å². The van der Waals surface area contributed by atoms with Gasteiger partial charge >= 0.3 is 0 Å². The van der Waals surface area contributed by atoms with Crippen molar-refractivity contribution >= 4 is 34.1 Å². The summed E-state index contributed by atoms with van der Waals surface area (Å²) in [7, 11) is 0. The number of piperidine rings is 1. The molecule has 0 radical (unpaired) electrons. The zero-order chi connectivity index (χ0) is 20.4. The highest BCUT2D eigenvalue weighted by atomic mass is 32.1. The van der Waals surface area contributed by atoms with Crippen LogP contribution in [0.2, 0.25) is 0 Å². The van der Waals surface area contributed by atoms with Gasteiger partial charge in [-0.2, -0.15) is 0 Å². The quantitative estimate of drug-likeness (QED) is 0.659. The Morgan fingerprint density at radius 2 is 2.03 bits per heavy atom. The van der Waals surface area contributed by atoms with E-state index in [1.54, 1.807) is 11.3 Å². The zero-order valence-corrected chi connectivity index (χ0v) is 18.1. The molecule has 1 atom stereocenters. The van der Waals surface area contributed by atoms with Crippen LogP contribution in [0.1, 0.15) is 48.4 Å². The number of nitrogens with zero attached hydrogens (tertiary/aromatic N) is 3. The van der Waals surface area contributed by atoms with Gasteiger partial charge in [-0.15, -0.1) is 11.3 Å². The lowest BCUT2D eigenvalue weighted by atomic mass is 9.95. The SMILES string of the molecule is CC[C@H](NC(=O)C1CCN(c2nc(C)c3cc(C)ccc3n2)CC1)c1cccs1. The minimum Gasteiger partial charge on any atom is -0.348 e. The molecule has 3 aromatic rings. The van der Waals surface area contributed by atoms with Crippen molar-refractivity contribution in [3.8, 4) is 0 Å². The van der Waals surface area contributed by atoms with Gasteiger partial charge in [0.2, 0.25) is 11.9 Å². The highest BCUT2D eigenvalue weighted by Crippen LogP contribution is 2.26. The van der Waals surface area contributed by atoms with Crippen LogP contribution in [-0.2, 0) is 4.79 Å². The molecule has 2 aromatic heterocycles. The summed E-state index contributed by atoms with van der Waals surface area (Å²) in [5.41, 5.74) is 3.21. The molecule has 0 spiro atoms. The Bertz CT molecular complexity index is 994. The maximum absolute atomic E-state index is 12.8. The first-order valence-electron chi connectivity index (χ1n) is 10.4. The maximum atomic E-state index is 12.8. The smallest absolute Gasteiger partial charge is 0.226 e. The van der Waals surface area contributed by atoms with E-state index in [-0.39, 0.29) is 17.9 Å². The minimum absolute atomic E-state index is 0.0597. The van der Waals surface area contributed by atoms with Gasteiger partial charge in [-0.1, -0.05) is 24.6 Å². The van der Waals surface area contributed by atoms with E-state index in [4.69, 9.17) is 9.97 Å². The van der Waals surface area contributed by atoms with Gasteiger partial charge < -0.3 is 10.2 Å². The molecular formula is C23H28N4OS. The molecule has 1 aliphatic heterocycles. The van der Waals surface area contributed by atoms with E-state index in [0.717, 1.165) is 54.9 Å². The number of thiophene rings is 1. The number of nitrogens with one attached hydrogen (secondary N) is 1. The molecule has 1 saturated heterocycles. The number of hydrogen-bond donors (Lipinski definition) is 1. The van der Waals surface area contributed by atoms with Crippen molar-refractivity contribution < 1.29 is 4.79 Å². The number of amides is 1. The third kappa shape index (κ3) is 4.27. The lowest BCUT2D eigenvalue weighted by Crippen LogP contribution is -2.42. The average Bonchev–Trinajstić information content (AvgIpc) is 3.27. The Kier molecular flexibility index (Phi) is 5.81. The molecule has 1 N–H and O–H groups in total. The number of benzene rings is 1. The molecule has 6 heteroatoms. The Balaban J connectivity index is 1.41. The van der Waals surface area contributed by atoms with Gasteiger partial charge in [0.05, 0.1) is 17.3 Å². The monoisotopic (exact) mass is 408 g/mol. The Labute approximate surface area is 176 Å². The fourth-order valence-electron chi connectivity index (χ4n) is 4.02. The van der Waals surface area contributed by atoms with Crippen molar-refractivity contribution in [3.63, 3.8) is 0 Å². The second-order valence-electron chi connectivity index (χ2n) is 7.88. The van der Waals surface area contributed by atoms with E-state index >= 15 is 0 Å². The van der Waals surface area contributed by atoms with E-state index < -0.39 is 0 Å². The first-order valence-corrected chi connectivity index (χ1v) is 11.3. The summed E-state index contributed by atoms with van der Waals surface area (Å²) >= 11 is 1.71. The van der Waals surface area contributed by atoms with Gasteiger partial charge in [0.25, 0.3) is 0 Å². The Hall–Kier alpha value is -2.47. The first kappa shape index (κ1) is 19.8. The second-order valence-corrected chi connectivity index (χ2v) is 8.86. The molecule has 0 aliphatic carbocycles. The minimum atomic E-state index is 0.0597. The van der Waals surface area contributed by atoms with E-state index in [9.17, 15) is 4.79 Å². The first-order chi connectivity index (χ1) is 14.0. The Morgan fingerprint density at radius 3 is 2.72 bits per heavy atom. The van der Waals surface area contributed by atoms with Crippen LogP contribution in [0.15, 0.2) is 35.7 Å². The summed E-state index contributed by atoms with van der Waals surface area (Å²) in [6.07, 6.45) is 2.58. The number of anilines is 1. The molecule has 152 valence electrons. The van der Waals surface area contributed by atoms with Gasteiger partial charge in [0, 0.05) is 29.3 Å². The Morgan fingerprint density at radius 1 is 1.24 bits per heavy atom. The summed E-state index contributed by atoms with van der Waals surface area (Å²) in [4.78, 5) is 25.8. The molecule has 29 heavy (non-hydrogen) atoms. The highest BCUT2D eigenvalue weighted by Gasteiger charge is 2.28. The van der Waals surface area contributed by atoms with Crippen LogP contribution < -0.4 is 10.2 Å². The lowest BCUT2D eigenvalue weighted by Gasteiger charge is -2.32. The van der Waals surface area contributed by atoms with Gasteiger partial charge in [-0.05, 0) is 56.7 Å². The fraction of sp³-hybridized carbons (Fsp3) is 0.435. The van der Waals surface area contributed by atoms with Crippen molar-refractivity contribution in [1.29, 1.82) is 0 Å². The van der Waals surface area contributed by atoms with Crippen LogP contribution in [-0.4, -0.2) is 29.0 Å². The van der Waals surface area contributed by atoms with Crippen molar-refractivity contribution in [2.24, 2.45) is 5.92 Å². The molecule has 1 fully saturated rings. The molecular weight excluding hydrogens is 380 g/mol. The zero-order valence-electron chi connectivity index (χ0n) is 17.3. The molecule has 1 aliphatic rings. The second kappa shape index (κ2) is 8.49. The number of aromatic nitrogens is 2. The van der Waals surface area contributed by atoms with Gasteiger partial charge in [0.1, 0.15) is 0 Å². The standard InChI is InChI=1S/C23H28N4OS/c1-4-19(21-6-5-13-29-21)25-22(28)17-9-11-27(12-10-17)23-24-16(3)18-14-15(2)7-8-20(18)26-23/h5-8,13-14,17,19H,4,9-12H2,1-3H3,(H,25,28)/t19-/m0/s1. The number of carbonyl (C=O) groups is 1. The predicted octanol–water partition coefficient (Wildman–Crippen LogP) is 4.79. The summed E-state index contributed by atoms with van der Waals surface area (Å²) in [5.74, 6) is 1.02. The van der Waals surface area contributed by atoms with Crippen LogP contribution in [0.4, 0.5) is 5.95 Å². The molecule has 0 saturated carbocycles. The van der Waals surface area contributed by atoms with Crippen molar-refractivity contribution in [2.75, 3.05) is 18.0 Å². The molecule has 3 heterocycles. The summed E-state index contributed by atoms with van der Waals surface area (Å²) in [6, 6.07) is 10.6. The number of carbonyl (C=O) groups excluding carboxylic acids is 1. The highest BCUT2D eigenvalue weighted by molar-refractivity contribution is 7.10. The van der Waals surface area contributed by atoms with Crippen LogP contribution in [0.5, 0.6) is 0 Å². The summed E-state index contributed by atoms with van der Waals surface area (Å²) in [5, 5.41) is 6.43. The summed E-state index contributed by atoms with van der Waals surface area (Å²) < 4.78 is 0. The molecule has 0 bridgehead atoms. The largest absolute Gasteiger partial charge is 0.348 e. The van der Waals surface area contributed by atoms with Crippen LogP contribution in [0.3, 0.4) is 0 Å². The van der Waals surface area contributed by atoms with E-state index in [1.807, 2.05) is 13.0 Å². The lowest BCUT2D eigenvalue weighted by molar-refractivity contribution is -0.126. The molecule has 5 nitrogen and oxygen atoms in total. The molecule has 1 aromatic carbocycles. The molecule has 4 rings (SSSR count). The number of hydrogen-bond acceptors (Lipinski definition) is 5. The maximum Gasteiger partial charge on any atom is 0.226 e. The van der Waals surface area contributed by atoms with Crippen LogP contribution >= 0.6 is 11.3 Å². The van der Waals surface area contributed by atoms with Crippen molar-refractivity contribution in [3.05, 3.63) is 51.8 Å². The predicted molar refractivity (Wildman–Crippen MR) is 119 cm³/mol. The van der Waals surface area contributed by atoms with Gasteiger partial charge in [-0.25, -0.2) is 9.97 Å². The van der Waals surface area contributed by atoms with Gasteiger partial charge in [-0.3, -0.25) is 4.79 Å². The van der Waals surface area contributed by atoms with Crippen molar-refractivity contribution in [1.82, 2.24) is 15.3 Å². The van der Waals surface area contributed by atoms with Crippen LogP contribution in [0.25, 0.3) is 10.9 Å². The number of fused-ring (bicyclic) bond motifs is 1. The van der Waals surface area contributed by atoms with E-state index in [1.165, 1.54) is 10.4 Å². The average molecular weight is 409 g/mol. The molecule has 0 unspecified atom stereocenters. The summed E-state index contributed by atoms with van der Waals surface area (Å²) in [6.45, 7) is 7.87. The third-order valence-electron chi connectivity index (χ3n) is 5.79. The number of aryl methyl sites for hydroxylation is 2. The normalized spacial score (nSPS) is 16.2. The topological polar surface area (TPSA) is 58.1 Å². The van der Waals surface area contributed by atoms with E-state index in [0.29, 0.717) is 0 Å². The van der Waals surface area contributed by atoms with E-state index in [2.05, 4.69) is 53.7 Å². The molecule has 1 amide bonds. The third-order valence-corrected chi connectivity index (χ3v) is 6.78. The van der Waals surface area contributed by atoms with Crippen LogP contribution in [0, 0.1) is 19.8 Å².